The molecule has 5 rings (SSSR count). The number of hydrogen-bond acceptors (Lipinski definition) is 4. The van der Waals surface area contributed by atoms with Gasteiger partial charge in [0, 0.05) is 29.7 Å². The summed E-state index contributed by atoms with van der Waals surface area (Å²) >= 11 is 0. The number of nitrogens with zero attached hydrogens (tertiary/aromatic N) is 4. The predicted octanol–water partition coefficient (Wildman–Crippen LogP) is 4.84. The molecule has 3 aromatic heterocycles. The zero-order chi connectivity index (χ0) is 22.6. The summed E-state index contributed by atoms with van der Waals surface area (Å²) in [4.78, 5) is 12.3. The lowest BCUT2D eigenvalue weighted by Gasteiger charge is -2.35. The van der Waals surface area contributed by atoms with E-state index in [1.54, 1.807) is 0 Å². The fourth-order valence-corrected chi connectivity index (χ4v) is 5.38. The highest BCUT2D eigenvalue weighted by Crippen LogP contribution is 2.36. The van der Waals surface area contributed by atoms with E-state index in [-0.39, 0.29) is 0 Å². The molecule has 168 valence electrons. The van der Waals surface area contributed by atoms with Gasteiger partial charge in [-0.15, -0.1) is 6.42 Å². The van der Waals surface area contributed by atoms with E-state index >= 15 is 0 Å². The lowest BCUT2D eigenvalue weighted by Crippen LogP contribution is -2.33. The molecule has 0 bridgehead atoms. The van der Waals surface area contributed by atoms with E-state index in [2.05, 4.69) is 57.9 Å². The zero-order valence-corrected chi connectivity index (χ0v) is 19.1. The lowest BCUT2D eigenvalue weighted by atomic mass is 9.90. The van der Waals surface area contributed by atoms with Gasteiger partial charge in [0.25, 0.3) is 0 Å². The number of para-hydroxylation sites is 1. The minimum absolute atomic E-state index is 0.301. The molecule has 0 saturated carbocycles. The van der Waals surface area contributed by atoms with Gasteiger partial charge in [-0.25, -0.2) is 0 Å². The minimum Gasteiger partial charge on any atom is -0.330 e. The molecule has 1 aliphatic carbocycles. The van der Waals surface area contributed by atoms with Crippen LogP contribution in [-0.4, -0.2) is 32.5 Å². The molecule has 5 heteroatoms. The second-order valence-corrected chi connectivity index (χ2v) is 8.88. The van der Waals surface area contributed by atoms with Gasteiger partial charge in [-0.3, -0.25) is 14.9 Å². The predicted molar refractivity (Wildman–Crippen MR) is 135 cm³/mol. The average molecular weight is 438 g/mol. The molecule has 33 heavy (non-hydrogen) atoms. The Bertz CT molecular complexity index is 1300. The van der Waals surface area contributed by atoms with Crippen LogP contribution in [0.4, 0.5) is 0 Å². The number of hydrogen-bond donors (Lipinski definition) is 1. The molecule has 0 fully saturated rings. The van der Waals surface area contributed by atoms with Crippen molar-refractivity contribution in [2.24, 2.45) is 5.73 Å². The van der Waals surface area contributed by atoms with E-state index in [0.29, 0.717) is 12.6 Å². The van der Waals surface area contributed by atoms with Gasteiger partial charge in [0.1, 0.15) is 0 Å². The van der Waals surface area contributed by atoms with Crippen LogP contribution in [-0.2, 0) is 19.5 Å². The fraction of sp³-hybridized carbons (Fsp3) is 0.357. The molecule has 5 nitrogen and oxygen atoms in total. The summed E-state index contributed by atoms with van der Waals surface area (Å²) < 4.78 is 2.25. The normalized spacial score (nSPS) is 15.7. The van der Waals surface area contributed by atoms with Gasteiger partial charge < -0.3 is 10.3 Å². The van der Waals surface area contributed by atoms with Crippen LogP contribution in [0.25, 0.3) is 21.8 Å². The average Bonchev–Trinajstić information content (AvgIpc) is 3.18. The van der Waals surface area contributed by atoms with Crippen molar-refractivity contribution in [3.63, 3.8) is 0 Å². The van der Waals surface area contributed by atoms with Gasteiger partial charge in [0.15, 0.2) is 0 Å². The molecule has 4 aromatic rings. The molecule has 0 amide bonds. The fourth-order valence-electron chi connectivity index (χ4n) is 5.38. The molecular weight excluding hydrogens is 406 g/mol. The summed E-state index contributed by atoms with van der Waals surface area (Å²) in [6.45, 7) is 3.00. The standard InChI is InChI=1S/C28H31N5/c1-2-18-33-25-12-4-3-11-22(25)23-14-17-30-24(28(23)33)20-32(19-6-5-15-29)26-13-7-9-21-10-8-16-31-27(21)26/h1,3-4,8,10-12,14,16-17,26H,5-7,9,13,15,18-20,29H2/t26-/m0/s1. The first-order chi connectivity index (χ1) is 16.3. The van der Waals surface area contributed by atoms with Gasteiger partial charge in [-0.05, 0) is 69.0 Å². The number of aryl methyl sites for hydroxylation is 1. The van der Waals surface area contributed by atoms with Gasteiger partial charge in [0.05, 0.1) is 35.0 Å². The van der Waals surface area contributed by atoms with Crippen molar-refractivity contribution < 1.29 is 0 Å². The molecule has 0 unspecified atom stereocenters. The number of nitrogens with two attached hydrogens (primary N) is 1. The molecule has 1 aliphatic rings. The molecule has 1 atom stereocenters. The van der Waals surface area contributed by atoms with Crippen LogP contribution in [0.3, 0.4) is 0 Å². The van der Waals surface area contributed by atoms with Crippen LogP contribution >= 0.6 is 0 Å². The number of fused-ring (bicyclic) bond motifs is 4. The first-order valence-electron chi connectivity index (χ1n) is 12.0. The summed E-state index contributed by atoms with van der Waals surface area (Å²) in [5.74, 6) is 2.85. The highest BCUT2D eigenvalue weighted by atomic mass is 15.2. The number of terminal acetylenes is 1. The molecule has 0 saturated heterocycles. The van der Waals surface area contributed by atoms with Gasteiger partial charge >= 0.3 is 0 Å². The lowest BCUT2D eigenvalue weighted by molar-refractivity contribution is 0.161. The third-order valence-corrected chi connectivity index (χ3v) is 6.86. The topological polar surface area (TPSA) is 60.0 Å². The number of unbranched alkanes of at least 4 members (excludes halogenated alkanes) is 1. The highest BCUT2D eigenvalue weighted by molar-refractivity contribution is 6.08. The van der Waals surface area contributed by atoms with Crippen LogP contribution in [0, 0.1) is 12.3 Å². The van der Waals surface area contributed by atoms with Crippen molar-refractivity contribution in [1.82, 2.24) is 19.4 Å². The van der Waals surface area contributed by atoms with Gasteiger partial charge in [0.2, 0.25) is 0 Å². The van der Waals surface area contributed by atoms with E-state index < -0.39 is 0 Å². The van der Waals surface area contributed by atoms with Gasteiger partial charge in [-0.2, -0.15) is 0 Å². The Hall–Kier alpha value is -3.20. The minimum atomic E-state index is 0.301. The van der Waals surface area contributed by atoms with E-state index in [1.165, 1.54) is 34.0 Å². The summed E-state index contributed by atoms with van der Waals surface area (Å²) in [6, 6.07) is 15.2. The largest absolute Gasteiger partial charge is 0.330 e. The van der Waals surface area contributed by atoms with Crippen molar-refractivity contribution in [1.29, 1.82) is 0 Å². The first-order valence-corrected chi connectivity index (χ1v) is 12.0. The summed E-state index contributed by atoms with van der Waals surface area (Å²) in [6.07, 6.45) is 15.2. The van der Waals surface area contributed by atoms with E-state index in [9.17, 15) is 0 Å². The van der Waals surface area contributed by atoms with Crippen molar-refractivity contribution in [3.05, 3.63) is 71.8 Å². The maximum atomic E-state index is 5.83. The van der Waals surface area contributed by atoms with Gasteiger partial charge in [-0.1, -0.05) is 30.2 Å². The summed E-state index contributed by atoms with van der Waals surface area (Å²) in [7, 11) is 0. The zero-order valence-electron chi connectivity index (χ0n) is 19.1. The molecule has 3 heterocycles. The van der Waals surface area contributed by atoms with Crippen LogP contribution in [0.15, 0.2) is 54.9 Å². The Morgan fingerprint density at radius 2 is 1.97 bits per heavy atom. The Labute approximate surface area is 195 Å². The molecule has 0 spiro atoms. The Kier molecular flexibility index (Phi) is 6.39. The maximum Gasteiger partial charge on any atom is 0.0841 e. The van der Waals surface area contributed by atoms with E-state index in [0.717, 1.165) is 56.5 Å². The smallest absolute Gasteiger partial charge is 0.0841 e. The van der Waals surface area contributed by atoms with Crippen LogP contribution in [0.1, 0.15) is 48.7 Å². The third kappa shape index (κ3) is 4.13. The van der Waals surface area contributed by atoms with Crippen molar-refractivity contribution in [2.45, 2.75) is 51.2 Å². The number of benzene rings is 1. The molecule has 2 N–H and O–H groups in total. The molecule has 0 radical (unpaired) electrons. The third-order valence-electron chi connectivity index (χ3n) is 6.86. The van der Waals surface area contributed by atoms with Crippen molar-refractivity contribution in [3.8, 4) is 12.3 Å². The monoisotopic (exact) mass is 437 g/mol. The Morgan fingerprint density at radius 1 is 1.06 bits per heavy atom. The Balaban J connectivity index is 1.59. The van der Waals surface area contributed by atoms with Crippen LogP contribution in [0.5, 0.6) is 0 Å². The second-order valence-electron chi connectivity index (χ2n) is 8.88. The number of rotatable bonds is 8. The molecular formula is C28H31N5. The quantitative estimate of drug-likeness (QED) is 0.317. The molecule has 1 aromatic carbocycles. The summed E-state index contributed by atoms with van der Waals surface area (Å²) in [5, 5.41) is 2.45. The summed E-state index contributed by atoms with van der Waals surface area (Å²) in [5.41, 5.74) is 11.8. The number of pyridine rings is 2. The maximum absolute atomic E-state index is 5.83. The number of aromatic nitrogens is 3. The Morgan fingerprint density at radius 3 is 2.85 bits per heavy atom. The molecule has 0 aliphatic heterocycles. The second kappa shape index (κ2) is 9.74. The van der Waals surface area contributed by atoms with Crippen LogP contribution in [0.2, 0.25) is 0 Å². The van der Waals surface area contributed by atoms with Crippen molar-refractivity contribution >= 4 is 21.8 Å². The first kappa shape index (κ1) is 21.6. The SMILES string of the molecule is C#CCn1c2ccccc2c2ccnc(CN(CCCCN)[C@H]3CCCc4cccnc43)c21. The van der Waals surface area contributed by atoms with Crippen LogP contribution < -0.4 is 5.73 Å². The van der Waals surface area contributed by atoms with E-state index in [4.69, 9.17) is 22.1 Å². The van der Waals surface area contributed by atoms with Crippen molar-refractivity contribution in [2.75, 3.05) is 13.1 Å². The highest BCUT2D eigenvalue weighted by Gasteiger charge is 2.28. The van der Waals surface area contributed by atoms with E-state index in [1.807, 2.05) is 12.4 Å².